The summed E-state index contributed by atoms with van der Waals surface area (Å²) in [4.78, 5) is 22.0. The number of hydrogen-bond acceptors (Lipinski definition) is 6. The molecular formula is C31H40N4O4S. The summed E-state index contributed by atoms with van der Waals surface area (Å²) in [5.74, 6) is 0.554. The summed E-state index contributed by atoms with van der Waals surface area (Å²) in [6.07, 6.45) is 11.4. The number of rotatable bonds is 7. The van der Waals surface area contributed by atoms with Crippen LogP contribution in [0.25, 0.3) is 0 Å². The number of nitrogens with zero attached hydrogens (tertiary/aromatic N) is 2. The molecular weight excluding hydrogens is 524 g/mol. The Morgan fingerprint density at radius 2 is 1.68 bits per heavy atom. The number of sulfonamides is 1. The minimum Gasteiger partial charge on any atom is -0.478 e. The van der Waals surface area contributed by atoms with Gasteiger partial charge < -0.3 is 10.1 Å². The van der Waals surface area contributed by atoms with Crippen LogP contribution in [-0.2, 0) is 14.8 Å². The molecule has 5 rings (SSSR count). The number of carbonyl (C=O) groups is 1. The first-order valence-electron chi connectivity index (χ1n) is 14.2. The molecule has 40 heavy (non-hydrogen) atoms. The molecule has 1 aromatic carbocycles. The van der Waals surface area contributed by atoms with Crippen molar-refractivity contribution in [3.63, 3.8) is 0 Å². The molecule has 214 valence electrons. The zero-order valence-corrected chi connectivity index (χ0v) is 25.0. The lowest BCUT2D eigenvalue weighted by Gasteiger charge is -2.51. The van der Waals surface area contributed by atoms with Crippen LogP contribution < -0.4 is 14.8 Å². The Morgan fingerprint density at radius 1 is 0.975 bits per heavy atom. The maximum Gasteiger partial charge on any atom is 0.263 e. The zero-order chi connectivity index (χ0) is 28.7. The number of methoxy groups -OCH3 is 1. The molecule has 8 nitrogen and oxygen atoms in total. The van der Waals surface area contributed by atoms with Crippen molar-refractivity contribution in [1.82, 2.24) is 9.97 Å². The van der Waals surface area contributed by atoms with Gasteiger partial charge in [-0.25, -0.2) is 18.4 Å². The van der Waals surface area contributed by atoms with Crippen molar-refractivity contribution in [3.05, 3.63) is 59.0 Å². The first-order valence-corrected chi connectivity index (χ1v) is 15.7. The first kappa shape index (κ1) is 28.3. The molecule has 2 aromatic rings. The minimum atomic E-state index is -3.93. The van der Waals surface area contributed by atoms with Crippen LogP contribution in [0.2, 0.25) is 0 Å². The lowest BCUT2D eigenvalue weighted by Crippen LogP contribution is -2.45. The SMILES string of the molecule is COc1nccnc1NS(=O)(=O)c1ccc(NC(=O)C2(C)CCC(C)(C(C)C)C3=C2CCC2=C3CCCC2)cc1. The molecule has 3 aliphatic carbocycles. The van der Waals surface area contributed by atoms with Crippen LogP contribution in [-0.4, -0.2) is 31.4 Å². The average molecular weight is 565 g/mol. The van der Waals surface area contributed by atoms with Crippen LogP contribution >= 0.6 is 0 Å². The van der Waals surface area contributed by atoms with E-state index in [0.29, 0.717) is 11.6 Å². The highest BCUT2D eigenvalue weighted by Gasteiger charge is 2.50. The smallest absolute Gasteiger partial charge is 0.263 e. The molecule has 0 bridgehead atoms. The Labute approximate surface area is 237 Å². The molecule has 1 aromatic heterocycles. The number of anilines is 2. The number of carbonyl (C=O) groups excluding carboxylic acids is 1. The molecule has 2 N–H and O–H groups in total. The van der Waals surface area contributed by atoms with Crippen LogP contribution in [0.5, 0.6) is 5.88 Å². The third-order valence-corrected chi connectivity index (χ3v) is 10.9. The third kappa shape index (κ3) is 4.93. The Bertz CT molecular complexity index is 1480. The number of nitrogens with one attached hydrogen (secondary N) is 2. The van der Waals surface area contributed by atoms with Crippen LogP contribution in [0.15, 0.2) is 63.8 Å². The number of allylic oxidation sites excluding steroid dienone is 3. The maximum atomic E-state index is 14.0. The van der Waals surface area contributed by atoms with E-state index in [9.17, 15) is 13.2 Å². The highest BCUT2D eigenvalue weighted by atomic mass is 32.2. The number of fused-ring (bicyclic) bond motifs is 1. The van der Waals surface area contributed by atoms with E-state index in [1.807, 2.05) is 0 Å². The minimum absolute atomic E-state index is 0.00815. The molecule has 1 amide bonds. The number of ether oxygens (including phenoxy) is 1. The summed E-state index contributed by atoms with van der Waals surface area (Å²) in [6.45, 7) is 9.13. The van der Waals surface area contributed by atoms with Crippen molar-refractivity contribution < 1.29 is 17.9 Å². The highest BCUT2D eigenvalue weighted by Crippen LogP contribution is 2.60. The average Bonchev–Trinajstić information content (AvgIpc) is 2.95. The summed E-state index contributed by atoms with van der Waals surface area (Å²) in [7, 11) is -2.53. The van der Waals surface area contributed by atoms with Gasteiger partial charge in [-0.3, -0.25) is 9.52 Å². The Hall–Kier alpha value is -3.20. The first-order chi connectivity index (χ1) is 19.0. The van der Waals surface area contributed by atoms with Gasteiger partial charge in [0.15, 0.2) is 0 Å². The fourth-order valence-electron chi connectivity index (χ4n) is 6.70. The largest absolute Gasteiger partial charge is 0.478 e. The molecule has 0 aliphatic heterocycles. The second-order valence-electron chi connectivity index (χ2n) is 12.0. The van der Waals surface area contributed by atoms with Gasteiger partial charge in [0.2, 0.25) is 11.7 Å². The molecule has 0 spiro atoms. The van der Waals surface area contributed by atoms with E-state index < -0.39 is 15.4 Å². The van der Waals surface area contributed by atoms with Gasteiger partial charge in [-0.2, -0.15) is 0 Å². The fraction of sp³-hybridized carbons (Fsp3) is 0.516. The van der Waals surface area contributed by atoms with Gasteiger partial charge in [0.05, 0.1) is 17.4 Å². The van der Waals surface area contributed by atoms with Crippen LogP contribution in [0.4, 0.5) is 11.5 Å². The molecule has 0 saturated heterocycles. The van der Waals surface area contributed by atoms with Gasteiger partial charge >= 0.3 is 0 Å². The standard InChI is InChI=1S/C31H40N4O4S/c1-20(2)30(3)16-17-31(4,25-15-10-21-8-6-7-9-24(21)26(25)30)29(36)34-22-11-13-23(14-12-22)40(37,38)35-27-28(39-5)33-19-18-32-27/h11-14,18-20H,6-10,15-17H2,1-5H3,(H,32,35)(H,34,36). The molecule has 2 atom stereocenters. The number of aromatic nitrogens is 2. The molecule has 0 saturated carbocycles. The molecule has 9 heteroatoms. The van der Waals surface area contributed by atoms with E-state index in [4.69, 9.17) is 4.74 Å². The van der Waals surface area contributed by atoms with Gasteiger partial charge in [-0.1, -0.05) is 31.9 Å². The van der Waals surface area contributed by atoms with E-state index in [0.717, 1.165) is 32.1 Å². The van der Waals surface area contributed by atoms with E-state index in [1.54, 1.807) is 23.3 Å². The molecule has 0 radical (unpaired) electrons. The topological polar surface area (TPSA) is 110 Å². The quantitative estimate of drug-likeness (QED) is 0.390. The van der Waals surface area contributed by atoms with Gasteiger partial charge in [0.25, 0.3) is 15.9 Å². The van der Waals surface area contributed by atoms with Crippen molar-refractivity contribution >= 4 is 27.4 Å². The normalized spacial score (nSPS) is 24.9. The molecule has 1 heterocycles. The van der Waals surface area contributed by atoms with Crippen LogP contribution in [0, 0.1) is 16.7 Å². The monoisotopic (exact) mass is 564 g/mol. The van der Waals surface area contributed by atoms with Gasteiger partial charge in [-0.15, -0.1) is 0 Å². The van der Waals surface area contributed by atoms with E-state index in [1.165, 1.54) is 62.0 Å². The fourth-order valence-corrected chi connectivity index (χ4v) is 7.71. The third-order valence-electron chi connectivity index (χ3n) is 9.53. The summed E-state index contributed by atoms with van der Waals surface area (Å²) < 4.78 is 33.4. The lowest BCUT2D eigenvalue weighted by molar-refractivity contribution is -0.124. The second kappa shape index (κ2) is 10.7. The Kier molecular flexibility index (Phi) is 7.54. The van der Waals surface area contributed by atoms with Gasteiger partial charge in [0.1, 0.15) is 0 Å². The van der Waals surface area contributed by atoms with Crippen molar-refractivity contribution in [2.75, 3.05) is 17.1 Å². The van der Waals surface area contributed by atoms with Crippen molar-refractivity contribution in [3.8, 4) is 5.88 Å². The molecule has 3 aliphatic rings. The number of amides is 1. The Balaban J connectivity index is 1.40. The lowest BCUT2D eigenvalue weighted by atomic mass is 9.53. The summed E-state index contributed by atoms with van der Waals surface area (Å²) >= 11 is 0. The van der Waals surface area contributed by atoms with E-state index in [2.05, 4.69) is 47.7 Å². The van der Waals surface area contributed by atoms with Crippen molar-refractivity contribution in [2.45, 2.75) is 84.0 Å². The van der Waals surface area contributed by atoms with E-state index >= 15 is 0 Å². The Morgan fingerprint density at radius 3 is 2.38 bits per heavy atom. The van der Waals surface area contributed by atoms with Crippen LogP contribution in [0.3, 0.4) is 0 Å². The van der Waals surface area contributed by atoms with Gasteiger partial charge in [-0.05, 0) is 105 Å². The molecule has 0 fully saturated rings. The summed E-state index contributed by atoms with van der Waals surface area (Å²) in [5, 5.41) is 3.11. The highest BCUT2D eigenvalue weighted by molar-refractivity contribution is 7.92. The van der Waals surface area contributed by atoms with E-state index in [-0.39, 0.29) is 27.9 Å². The number of hydrogen-bond donors (Lipinski definition) is 2. The maximum absolute atomic E-state index is 14.0. The predicted octanol–water partition coefficient (Wildman–Crippen LogP) is 6.65. The zero-order valence-electron chi connectivity index (χ0n) is 24.1. The van der Waals surface area contributed by atoms with Crippen molar-refractivity contribution in [2.24, 2.45) is 16.7 Å². The van der Waals surface area contributed by atoms with Gasteiger partial charge in [0, 0.05) is 18.1 Å². The van der Waals surface area contributed by atoms with Crippen LogP contribution in [0.1, 0.15) is 79.1 Å². The second-order valence-corrected chi connectivity index (χ2v) is 13.7. The predicted molar refractivity (Wildman–Crippen MR) is 157 cm³/mol. The van der Waals surface area contributed by atoms with Crippen molar-refractivity contribution in [1.29, 1.82) is 0 Å². The molecule has 2 unspecified atom stereocenters. The number of benzene rings is 1. The summed E-state index contributed by atoms with van der Waals surface area (Å²) in [5.41, 5.74) is 5.98. The summed E-state index contributed by atoms with van der Waals surface area (Å²) in [6, 6.07) is 6.21.